The van der Waals surface area contributed by atoms with Crippen LogP contribution in [0.1, 0.15) is 60.9 Å². The number of benzene rings is 2. The number of ether oxygens (including phenoxy) is 1. The third-order valence-electron chi connectivity index (χ3n) is 6.97. The maximum atomic E-state index is 13.0. The Labute approximate surface area is 222 Å². The minimum Gasteiger partial charge on any atom is -0.491 e. The second-order valence-electron chi connectivity index (χ2n) is 9.50. The second-order valence-corrected chi connectivity index (χ2v) is 9.50. The number of alkyl halides is 6. The van der Waals surface area contributed by atoms with Gasteiger partial charge in [0, 0.05) is 5.41 Å². The molecule has 1 atom stereocenters. The van der Waals surface area contributed by atoms with Crippen LogP contribution in [0, 0.1) is 13.8 Å². The molecule has 2 aromatic rings. The van der Waals surface area contributed by atoms with Crippen molar-refractivity contribution in [1.29, 1.82) is 0 Å². The molecule has 5 nitrogen and oxygen atoms in total. The van der Waals surface area contributed by atoms with Crippen LogP contribution < -0.4 is 4.74 Å². The molecule has 216 valence electrons. The Balaban J connectivity index is 2.42. The van der Waals surface area contributed by atoms with Crippen LogP contribution in [0.4, 0.5) is 26.3 Å². The molecule has 0 amide bonds. The molecule has 0 aromatic heterocycles. The first-order chi connectivity index (χ1) is 17.9. The quantitative estimate of drug-likeness (QED) is 0.273. The maximum absolute atomic E-state index is 13.0. The largest absolute Gasteiger partial charge is 0.491 e. The van der Waals surface area contributed by atoms with E-state index in [0.717, 1.165) is 16.7 Å². The molecule has 0 aliphatic rings. The normalized spacial score (nSPS) is 14.1. The highest BCUT2D eigenvalue weighted by molar-refractivity contribution is 5.67. The molecule has 2 aromatic carbocycles. The summed E-state index contributed by atoms with van der Waals surface area (Å²) >= 11 is 0. The number of aryl methyl sites for hydroxylation is 2. The molecule has 0 spiro atoms. The van der Waals surface area contributed by atoms with Gasteiger partial charge in [-0.05, 0) is 66.6 Å². The summed E-state index contributed by atoms with van der Waals surface area (Å²) in [5.74, 6) is -0.690. The van der Waals surface area contributed by atoms with Gasteiger partial charge in [-0.2, -0.15) is 26.3 Å². The molecule has 39 heavy (non-hydrogen) atoms. The summed E-state index contributed by atoms with van der Waals surface area (Å²) in [5.41, 5.74) is -2.58. The Morgan fingerprint density at radius 1 is 0.923 bits per heavy atom. The van der Waals surface area contributed by atoms with E-state index < -0.39 is 41.9 Å². The van der Waals surface area contributed by atoms with Crippen molar-refractivity contribution in [3.8, 4) is 5.75 Å². The first kappa shape index (κ1) is 32.2. The molecule has 0 aliphatic heterocycles. The first-order valence-corrected chi connectivity index (χ1v) is 12.2. The average molecular weight is 563 g/mol. The number of hydrogen-bond acceptors (Lipinski definition) is 4. The number of carboxylic acid groups (broad SMARTS) is 1. The Hall–Kier alpha value is -3.05. The molecular weight excluding hydrogens is 530 g/mol. The third-order valence-corrected chi connectivity index (χ3v) is 6.97. The molecule has 0 radical (unpaired) electrons. The van der Waals surface area contributed by atoms with Gasteiger partial charge in [-0.25, -0.2) is 0 Å². The predicted octanol–water partition coefficient (Wildman–Crippen LogP) is 6.49. The van der Waals surface area contributed by atoms with Crippen molar-refractivity contribution in [2.45, 2.75) is 76.4 Å². The lowest BCUT2D eigenvalue weighted by Crippen LogP contribution is -2.55. The summed E-state index contributed by atoms with van der Waals surface area (Å²) in [7, 11) is 0. The van der Waals surface area contributed by atoms with Gasteiger partial charge >= 0.3 is 18.3 Å². The molecule has 0 bridgehead atoms. The highest BCUT2D eigenvalue weighted by atomic mass is 19.4. The Morgan fingerprint density at radius 3 is 1.87 bits per heavy atom. The zero-order chi connectivity index (χ0) is 29.8. The van der Waals surface area contributed by atoms with E-state index in [2.05, 4.69) is 0 Å². The van der Waals surface area contributed by atoms with Crippen molar-refractivity contribution in [1.82, 2.24) is 0 Å². The standard InChI is InChI=1S/C28H32F6O5/c1-5-25(6-2,21-9-10-23(18(4)14-21)39-16-22(35)15-24(36)37)20-8-7-19(17(3)13-20)11-12-26(38,27(29,30)31)28(32,33)34/h7-14,22,35,38H,5-6,15-16H2,1-4H3,(H,36,37)/b12-11+/t22-/m0/s1. The SMILES string of the molecule is CCC(CC)(c1ccc(/C=C/C(O)(C(F)(F)F)C(F)(F)F)c(C)c1)c1ccc(OC[C@@H](O)CC(=O)O)c(C)c1. The molecule has 0 saturated heterocycles. The van der Waals surface area contributed by atoms with Gasteiger partial charge in [0.05, 0.1) is 12.5 Å². The van der Waals surface area contributed by atoms with Gasteiger partial charge in [-0.15, -0.1) is 0 Å². The minimum absolute atomic E-state index is 0.0895. The molecule has 0 unspecified atom stereocenters. The van der Waals surface area contributed by atoms with Gasteiger partial charge in [-0.3, -0.25) is 4.79 Å². The number of hydrogen-bond donors (Lipinski definition) is 3. The number of aliphatic hydroxyl groups is 2. The Kier molecular flexibility index (Phi) is 9.89. The van der Waals surface area contributed by atoms with E-state index in [1.807, 2.05) is 26.0 Å². The highest BCUT2D eigenvalue weighted by Gasteiger charge is 2.68. The van der Waals surface area contributed by atoms with Crippen molar-refractivity contribution in [3.05, 3.63) is 70.3 Å². The van der Waals surface area contributed by atoms with Gasteiger partial charge in [0.1, 0.15) is 12.4 Å². The van der Waals surface area contributed by atoms with Crippen LogP contribution in [0.25, 0.3) is 6.08 Å². The maximum Gasteiger partial charge on any atom is 0.430 e. The highest BCUT2D eigenvalue weighted by Crippen LogP contribution is 2.45. The topological polar surface area (TPSA) is 87.0 Å². The second kappa shape index (κ2) is 12.0. The molecule has 2 rings (SSSR count). The number of carboxylic acids is 1. The third kappa shape index (κ3) is 6.94. The predicted molar refractivity (Wildman–Crippen MR) is 134 cm³/mol. The lowest BCUT2D eigenvalue weighted by molar-refractivity contribution is -0.347. The van der Waals surface area contributed by atoms with Crippen LogP contribution in [-0.2, 0) is 10.2 Å². The van der Waals surface area contributed by atoms with Crippen LogP contribution in [0.15, 0.2) is 42.5 Å². The van der Waals surface area contributed by atoms with Gasteiger partial charge in [0.2, 0.25) is 0 Å². The van der Waals surface area contributed by atoms with E-state index >= 15 is 0 Å². The molecule has 0 aliphatic carbocycles. The van der Waals surface area contributed by atoms with E-state index in [0.29, 0.717) is 30.2 Å². The summed E-state index contributed by atoms with van der Waals surface area (Å²) in [5, 5.41) is 27.9. The van der Waals surface area contributed by atoms with Crippen LogP contribution >= 0.6 is 0 Å². The van der Waals surface area contributed by atoms with Crippen molar-refractivity contribution < 1.29 is 51.2 Å². The zero-order valence-electron chi connectivity index (χ0n) is 22.0. The molecule has 0 heterocycles. The smallest absolute Gasteiger partial charge is 0.430 e. The molecule has 0 fully saturated rings. The summed E-state index contributed by atoms with van der Waals surface area (Å²) in [6, 6.07) is 10.2. The van der Waals surface area contributed by atoms with E-state index in [1.165, 1.54) is 6.07 Å². The minimum atomic E-state index is -5.95. The van der Waals surface area contributed by atoms with Crippen molar-refractivity contribution in [3.63, 3.8) is 0 Å². The van der Waals surface area contributed by atoms with Gasteiger partial charge in [0.25, 0.3) is 5.60 Å². The van der Waals surface area contributed by atoms with Crippen LogP contribution in [0.5, 0.6) is 5.75 Å². The van der Waals surface area contributed by atoms with E-state index in [9.17, 15) is 41.4 Å². The van der Waals surface area contributed by atoms with Gasteiger partial charge < -0.3 is 20.1 Å². The monoisotopic (exact) mass is 562 g/mol. The van der Waals surface area contributed by atoms with Crippen LogP contribution in [0.3, 0.4) is 0 Å². The molecule has 11 heteroatoms. The summed E-state index contributed by atoms with van der Waals surface area (Å²) in [6.45, 7) is 7.07. The number of aliphatic carboxylic acids is 1. The average Bonchev–Trinajstić information content (AvgIpc) is 2.82. The molecule has 0 saturated carbocycles. The van der Waals surface area contributed by atoms with Crippen LogP contribution in [0.2, 0.25) is 0 Å². The molecular formula is C28H32F6O5. The summed E-state index contributed by atoms with van der Waals surface area (Å²) in [4.78, 5) is 10.7. The Morgan fingerprint density at radius 2 is 1.44 bits per heavy atom. The fraction of sp³-hybridized carbons (Fsp3) is 0.464. The number of halogens is 6. The first-order valence-electron chi connectivity index (χ1n) is 12.2. The lowest BCUT2D eigenvalue weighted by atomic mass is 9.70. The summed E-state index contributed by atoms with van der Waals surface area (Å²) in [6.07, 6.45) is -11.9. The van der Waals surface area contributed by atoms with Crippen molar-refractivity contribution in [2.24, 2.45) is 0 Å². The summed E-state index contributed by atoms with van der Waals surface area (Å²) < 4.78 is 83.8. The van der Waals surface area contributed by atoms with E-state index in [1.54, 1.807) is 32.0 Å². The fourth-order valence-electron chi connectivity index (χ4n) is 4.51. The van der Waals surface area contributed by atoms with Crippen molar-refractivity contribution in [2.75, 3.05) is 6.61 Å². The van der Waals surface area contributed by atoms with Gasteiger partial charge in [0.15, 0.2) is 0 Å². The molecule has 3 N–H and O–H groups in total. The van der Waals surface area contributed by atoms with Gasteiger partial charge in [-0.1, -0.05) is 50.3 Å². The number of carbonyl (C=O) groups is 1. The van der Waals surface area contributed by atoms with Crippen molar-refractivity contribution >= 4 is 12.0 Å². The van der Waals surface area contributed by atoms with Crippen LogP contribution in [-0.4, -0.2) is 52.0 Å². The lowest BCUT2D eigenvalue weighted by Gasteiger charge is -2.34. The Bertz CT molecular complexity index is 1170. The van der Waals surface area contributed by atoms with E-state index in [4.69, 9.17) is 9.84 Å². The zero-order valence-corrected chi connectivity index (χ0v) is 22.0. The van der Waals surface area contributed by atoms with E-state index in [-0.39, 0.29) is 18.2 Å². The fourth-order valence-corrected chi connectivity index (χ4v) is 4.51. The number of aliphatic hydroxyl groups excluding tert-OH is 1. The number of rotatable bonds is 11.